The predicted molar refractivity (Wildman–Crippen MR) is 166 cm³/mol. The Morgan fingerprint density at radius 1 is 0.700 bits per heavy atom. The fourth-order valence-corrected chi connectivity index (χ4v) is 4.44. The van der Waals surface area contributed by atoms with E-state index in [9.17, 15) is 14.6 Å². The maximum absolute atomic E-state index is 11.7. The summed E-state index contributed by atoms with van der Waals surface area (Å²) in [6.45, 7) is 3.00. The van der Waals surface area contributed by atoms with Crippen LogP contribution in [0.25, 0.3) is 0 Å². The zero-order valence-corrected chi connectivity index (χ0v) is 26.9. The van der Waals surface area contributed by atoms with Gasteiger partial charge in [-0.05, 0) is 44.9 Å². The number of rotatable bonds is 28. The molecule has 1 N–H and O–H groups in total. The van der Waals surface area contributed by atoms with Crippen LogP contribution in [0.3, 0.4) is 0 Å². The summed E-state index contributed by atoms with van der Waals surface area (Å²) in [4.78, 5) is 11.7. The van der Waals surface area contributed by atoms with Gasteiger partial charge in [-0.1, -0.05) is 100 Å². The molecule has 2 unspecified atom stereocenters. The molecule has 0 saturated carbocycles. The first kappa shape index (κ1) is 39.0. The van der Waals surface area contributed by atoms with Crippen molar-refractivity contribution in [3.8, 4) is 0 Å². The van der Waals surface area contributed by atoms with Crippen LogP contribution >= 0.6 is 7.82 Å². The summed E-state index contributed by atoms with van der Waals surface area (Å²) < 4.78 is 27.3. The highest BCUT2D eigenvalue weighted by atomic mass is 31.2. The lowest BCUT2D eigenvalue weighted by Gasteiger charge is -2.27. The molecule has 0 spiro atoms. The van der Waals surface area contributed by atoms with Crippen molar-refractivity contribution in [2.45, 2.75) is 103 Å². The molecule has 0 bridgehead atoms. The number of aliphatic hydroxyl groups is 1. The Hall–Kier alpha value is -1.05. The van der Waals surface area contributed by atoms with Crippen molar-refractivity contribution in [1.82, 2.24) is 0 Å². The Kier molecular flexibility index (Phi) is 26.1. The van der Waals surface area contributed by atoms with Crippen LogP contribution in [0.4, 0.5) is 0 Å². The van der Waals surface area contributed by atoms with Crippen LogP contribution in [0.15, 0.2) is 48.6 Å². The van der Waals surface area contributed by atoms with Gasteiger partial charge in [0, 0.05) is 6.61 Å². The largest absolute Gasteiger partial charge is 0.756 e. The second kappa shape index (κ2) is 26.8. The molecule has 8 heteroatoms. The highest BCUT2D eigenvalue weighted by Crippen LogP contribution is 2.38. The lowest BCUT2D eigenvalue weighted by molar-refractivity contribution is -0.870. The van der Waals surface area contributed by atoms with Gasteiger partial charge in [0.1, 0.15) is 19.3 Å². The van der Waals surface area contributed by atoms with Gasteiger partial charge in [-0.25, -0.2) is 0 Å². The number of phosphoric acid groups is 1. The van der Waals surface area contributed by atoms with E-state index in [1.807, 2.05) is 21.1 Å². The molecule has 0 amide bonds. The average Bonchev–Trinajstić information content (AvgIpc) is 2.89. The van der Waals surface area contributed by atoms with Gasteiger partial charge in [-0.3, -0.25) is 4.57 Å². The van der Waals surface area contributed by atoms with Crippen LogP contribution < -0.4 is 4.89 Å². The number of unbranched alkanes of at least 4 members (excludes halogenated alkanes) is 9. The van der Waals surface area contributed by atoms with Crippen molar-refractivity contribution < 1.29 is 32.8 Å². The minimum Gasteiger partial charge on any atom is -0.756 e. The van der Waals surface area contributed by atoms with Crippen molar-refractivity contribution >= 4 is 7.82 Å². The number of quaternary nitrogens is 1. The molecule has 0 heterocycles. The molecule has 7 nitrogen and oxygen atoms in total. The van der Waals surface area contributed by atoms with E-state index >= 15 is 0 Å². The maximum Gasteiger partial charge on any atom is 0.268 e. The molecule has 0 aromatic carbocycles. The maximum atomic E-state index is 11.7. The summed E-state index contributed by atoms with van der Waals surface area (Å²) >= 11 is 0. The standard InChI is InChI=1S/C32H60NO6P/c1-5-6-7-8-9-10-11-12-13-14-15-16-17-18-19-20-21-22-23-24-25-26-28-37-30-32(34)31-39-40(35,36)38-29-27-33(2,3)4/h6-7,9-10,12-13,15-16,32,34H,5,8,11,14,17-31H2,1-4H3/b7-6-,10-9-,13-12-,16-15-. The molecular formula is C32H60NO6P. The minimum atomic E-state index is -4.40. The van der Waals surface area contributed by atoms with Gasteiger partial charge >= 0.3 is 0 Å². The van der Waals surface area contributed by atoms with E-state index in [0.717, 1.165) is 38.5 Å². The third-order valence-electron chi connectivity index (χ3n) is 6.13. The monoisotopic (exact) mass is 585 g/mol. The van der Waals surface area contributed by atoms with Crippen LogP contribution in [0, 0.1) is 0 Å². The molecule has 0 aromatic heterocycles. The van der Waals surface area contributed by atoms with Crippen molar-refractivity contribution in [3.05, 3.63) is 48.6 Å². The molecule has 0 saturated heterocycles. The predicted octanol–water partition coefficient (Wildman–Crippen LogP) is 7.28. The zero-order valence-electron chi connectivity index (χ0n) is 26.0. The molecule has 2 atom stereocenters. The molecule has 0 rings (SSSR count). The van der Waals surface area contributed by atoms with Gasteiger partial charge in [-0.2, -0.15) is 0 Å². The normalized spacial score (nSPS) is 15.2. The third-order valence-corrected chi connectivity index (χ3v) is 7.09. The first-order valence-corrected chi connectivity index (χ1v) is 16.9. The summed E-state index contributed by atoms with van der Waals surface area (Å²) in [6.07, 6.45) is 33.3. The summed E-state index contributed by atoms with van der Waals surface area (Å²) in [5.41, 5.74) is 0. The molecule has 234 valence electrons. The molecule has 0 fully saturated rings. The highest BCUT2D eigenvalue weighted by Gasteiger charge is 2.15. The van der Waals surface area contributed by atoms with E-state index in [-0.39, 0.29) is 19.8 Å². The molecule has 0 aliphatic heterocycles. The minimum absolute atomic E-state index is 0.0452. The fraction of sp³-hybridized carbons (Fsp3) is 0.750. The number of hydrogen-bond acceptors (Lipinski definition) is 6. The Morgan fingerprint density at radius 2 is 1.20 bits per heavy atom. The SMILES string of the molecule is CC/C=C\C/C=C\C/C=C\C/C=C\CCCCCCCCCCCOCC(O)COP(=O)([O-])OCC[N+](C)(C)C. The average molecular weight is 586 g/mol. The van der Waals surface area contributed by atoms with E-state index < -0.39 is 13.9 Å². The molecule has 0 aromatic rings. The van der Waals surface area contributed by atoms with E-state index in [1.165, 1.54) is 51.4 Å². The zero-order chi connectivity index (χ0) is 29.8. The van der Waals surface area contributed by atoms with E-state index in [0.29, 0.717) is 17.6 Å². The fourth-order valence-electron chi connectivity index (χ4n) is 3.71. The van der Waals surface area contributed by atoms with Crippen LogP contribution in [-0.4, -0.2) is 69.8 Å². The highest BCUT2D eigenvalue weighted by molar-refractivity contribution is 7.45. The summed E-state index contributed by atoms with van der Waals surface area (Å²) in [5.74, 6) is 0. The molecule has 40 heavy (non-hydrogen) atoms. The van der Waals surface area contributed by atoms with Crippen molar-refractivity contribution in [2.24, 2.45) is 0 Å². The Balaban J connectivity index is 3.44. The number of aliphatic hydroxyl groups excluding tert-OH is 1. The van der Waals surface area contributed by atoms with E-state index in [1.54, 1.807) is 0 Å². The second-order valence-corrected chi connectivity index (χ2v) is 12.7. The summed E-state index contributed by atoms with van der Waals surface area (Å²) in [7, 11) is 1.43. The van der Waals surface area contributed by atoms with Crippen molar-refractivity contribution in [2.75, 3.05) is 54.1 Å². The number of hydrogen-bond donors (Lipinski definition) is 1. The van der Waals surface area contributed by atoms with Crippen LogP contribution in [0.5, 0.6) is 0 Å². The summed E-state index contributed by atoms with van der Waals surface area (Å²) in [5, 5.41) is 9.87. The number of allylic oxidation sites excluding steroid dienone is 8. The third kappa shape index (κ3) is 31.5. The van der Waals surface area contributed by atoms with Crippen molar-refractivity contribution in [1.29, 1.82) is 0 Å². The molecular weight excluding hydrogens is 525 g/mol. The number of nitrogens with zero attached hydrogens (tertiary/aromatic N) is 1. The van der Waals surface area contributed by atoms with E-state index in [2.05, 4.69) is 55.5 Å². The Bertz CT molecular complexity index is 729. The van der Waals surface area contributed by atoms with Gasteiger partial charge in [0.15, 0.2) is 0 Å². The molecule has 0 aliphatic carbocycles. The molecule has 0 aliphatic rings. The Morgan fingerprint density at radius 3 is 1.75 bits per heavy atom. The van der Waals surface area contributed by atoms with Gasteiger partial charge in [-0.15, -0.1) is 0 Å². The lowest BCUT2D eigenvalue weighted by Crippen LogP contribution is -2.37. The van der Waals surface area contributed by atoms with Crippen LogP contribution in [0.1, 0.15) is 96.8 Å². The Labute approximate surface area is 246 Å². The number of likely N-dealkylation sites (N-methyl/N-ethyl adjacent to an activating group) is 1. The van der Waals surface area contributed by atoms with Crippen LogP contribution in [0.2, 0.25) is 0 Å². The second-order valence-electron chi connectivity index (χ2n) is 11.3. The number of ether oxygens (including phenoxy) is 1. The van der Waals surface area contributed by atoms with Crippen molar-refractivity contribution in [3.63, 3.8) is 0 Å². The quantitative estimate of drug-likeness (QED) is 0.0449. The first-order chi connectivity index (χ1) is 19.2. The topological polar surface area (TPSA) is 88.0 Å². The molecule has 0 radical (unpaired) electrons. The number of phosphoric ester groups is 1. The lowest BCUT2D eigenvalue weighted by atomic mass is 10.1. The van der Waals surface area contributed by atoms with E-state index in [4.69, 9.17) is 13.8 Å². The van der Waals surface area contributed by atoms with Gasteiger partial charge < -0.3 is 28.3 Å². The van der Waals surface area contributed by atoms with Gasteiger partial charge in [0.05, 0.1) is 34.4 Å². The smallest absolute Gasteiger partial charge is 0.268 e. The van der Waals surface area contributed by atoms with Gasteiger partial charge in [0.2, 0.25) is 0 Å². The van der Waals surface area contributed by atoms with Gasteiger partial charge in [0.25, 0.3) is 7.82 Å². The van der Waals surface area contributed by atoms with Crippen LogP contribution in [-0.2, 0) is 18.3 Å². The summed E-state index contributed by atoms with van der Waals surface area (Å²) in [6, 6.07) is 0. The first-order valence-electron chi connectivity index (χ1n) is 15.4.